The molecule has 0 bridgehead atoms. The van der Waals surface area contributed by atoms with E-state index in [1.54, 1.807) is 4.52 Å². The van der Waals surface area contributed by atoms with Gasteiger partial charge in [0.25, 0.3) is 0 Å². The normalized spacial score (nSPS) is 15.6. The van der Waals surface area contributed by atoms with E-state index in [2.05, 4.69) is 10.00 Å². The molecule has 5 nitrogen and oxygen atoms in total. The standard InChI is InChI=1S/C12H13N3O2/c16-12(17)10-7-13-15-8-9(3-4-11(10)15)14-5-1-2-6-14/h3-4,7-8H,1-2,5-6H2,(H,16,17). The third-order valence-corrected chi connectivity index (χ3v) is 3.20. The maximum atomic E-state index is 11.0. The molecular weight excluding hydrogens is 218 g/mol. The van der Waals surface area contributed by atoms with Crippen molar-refractivity contribution in [2.24, 2.45) is 0 Å². The van der Waals surface area contributed by atoms with Crippen molar-refractivity contribution in [2.75, 3.05) is 18.0 Å². The van der Waals surface area contributed by atoms with Crippen molar-refractivity contribution in [3.05, 3.63) is 30.1 Å². The van der Waals surface area contributed by atoms with Crippen LogP contribution in [-0.4, -0.2) is 33.8 Å². The molecule has 0 amide bonds. The first kappa shape index (κ1) is 10.1. The van der Waals surface area contributed by atoms with Gasteiger partial charge in [0.05, 0.1) is 23.6 Å². The second-order valence-corrected chi connectivity index (χ2v) is 4.27. The Morgan fingerprint density at radius 1 is 1.29 bits per heavy atom. The number of carboxylic acids is 1. The van der Waals surface area contributed by atoms with Gasteiger partial charge in [-0.25, -0.2) is 9.31 Å². The summed E-state index contributed by atoms with van der Waals surface area (Å²) in [7, 11) is 0. The van der Waals surface area contributed by atoms with Crippen molar-refractivity contribution < 1.29 is 9.90 Å². The van der Waals surface area contributed by atoms with Gasteiger partial charge in [-0.2, -0.15) is 5.10 Å². The maximum Gasteiger partial charge on any atom is 0.339 e. The van der Waals surface area contributed by atoms with Crippen LogP contribution in [-0.2, 0) is 0 Å². The van der Waals surface area contributed by atoms with E-state index < -0.39 is 5.97 Å². The molecule has 0 spiro atoms. The van der Waals surface area contributed by atoms with Crippen molar-refractivity contribution in [1.82, 2.24) is 9.61 Å². The first-order valence-electron chi connectivity index (χ1n) is 5.71. The van der Waals surface area contributed by atoms with Gasteiger partial charge in [-0.1, -0.05) is 0 Å². The second-order valence-electron chi connectivity index (χ2n) is 4.27. The van der Waals surface area contributed by atoms with Gasteiger partial charge in [0.15, 0.2) is 0 Å². The average molecular weight is 231 g/mol. The maximum absolute atomic E-state index is 11.0. The minimum Gasteiger partial charge on any atom is -0.478 e. The van der Waals surface area contributed by atoms with Crippen LogP contribution in [0, 0.1) is 0 Å². The first-order chi connectivity index (χ1) is 8.25. The Morgan fingerprint density at radius 3 is 2.76 bits per heavy atom. The monoisotopic (exact) mass is 231 g/mol. The number of fused-ring (bicyclic) bond motifs is 1. The number of rotatable bonds is 2. The smallest absolute Gasteiger partial charge is 0.339 e. The Labute approximate surface area is 98.3 Å². The summed E-state index contributed by atoms with van der Waals surface area (Å²) in [6, 6.07) is 3.79. The molecule has 1 aliphatic rings. The van der Waals surface area contributed by atoms with E-state index in [-0.39, 0.29) is 5.56 Å². The predicted octanol–water partition coefficient (Wildman–Crippen LogP) is 1.63. The number of carboxylic acid groups (broad SMARTS) is 1. The molecule has 5 heteroatoms. The average Bonchev–Trinajstić information content (AvgIpc) is 2.97. The van der Waals surface area contributed by atoms with Crippen molar-refractivity contribution in [1.29, 1.82) is 0 Å². The molecule has 1 aliphatic heterocycles. The van der Waals surface area contributed by atoms with E-state index in [1.807, 2.05) is 18.3 Å². The molecule has 0 unspecified atom stereocenters. The molecule has 1 fully saturated rings. The number of carbonyl (C=O) groups is 1. The van der Waals surface area contributed by atoms with Gasteiger partial charge in [0.2, 0.25) is 0 Å². The van der Waals surface area contributed by atoms with Gasteiger partial charge >= 0.3 is 5.97 Å². The van der Waals surface area contributed by atoms with Crippen LogP contribution in [0.1, 0.15) is 23.2 Å². The number of pyridine rings is 1. The Bertz CT molecular complexity index is 570. The molecule has 17 heavy (non-hydrogen) atoms. The molecule has 2 aromatic heterocycles. The topological polar surface area (TPSA) is 57.8 Å². The first-order valence-corrected chi connectivity index (χ1v) is 5.71. The lowest BCUT2D eigenvalue weighted by Crippen LogP contribution is -2.17. The Kier molecular flexibility index (Phi) is 2.24. The molecular formula is C12H13N3O2. The summed E-state index contributed by atoms with van der Waals surface area (Å²) < 4.78 is 1.64. The zero-order valence-corrected chi connectivity index (χ0v) is 9.33. The summed E-state index contributed by atoms with van der Waals surface area (Å²) in [4.78, 5) is 13.2. The van der Waals surface area contributed by atoms with Crippen LogP contribution in [0.15, 0.2) is 24.5 Å². The summed E-state index contributed by atoms with van der Waals surface area (Å²) in [5, 5.41) is 13.1. The summed E-state index contributed by atoms with van der Waals surface area (Å²) in [5.41, 5.74) is 1.99. The largest absolute Gasteiger partial charge is 0.478 e. The zero-order valence-electron chi connectivity index (χ0n) is 9.33. The highest BCUT2D eigenvalue weighted by atomic mass is 16.4. The molecule has 0 aliphatic carbocycles. The van der Waals surface area contributed by atoms with E-state index >= 15 is 0 Å². The molecule has 0 radical (unpaired) electrons. The van der Waals surface area contributed by atoms with E-state index in [9.17, 15) is 4.79 Å². The highest BCUT2D eigenvalue weighted by molar-refractivity contribution is 5.95. The highest BCUT2D eigenvalue weighted by Gasteiger charge is 2.15. The quantitative estimate of drug-likeness (QED) is 0.853. The van der Waals surface area contributed by atoms with E-state index in [4.69, 9.17) is 5.11 Å². The highest BCUT2D eigenvalue weighted by Crippen LogP contribution is 2.21. The molecule has 3 rings (SSSR count). The number of hydrogen-bond acceptors (Lipinski definition) is 3. The molecule has 88 valence electrons. The molecule has 1 saturated heterocycles. The van der Waals surface area contributed by atoms with Crippen LogP contribution in [0.25, 0.3) is 5.52 Å². The lowest BCUT2D eigenvalue weighted by atomic mass is 10.2. The molecule has 0 aromatic carbocycles. The number of hydrogen-bond donors (Lipinski definition) is 1. The SMILES string of the molecule is O=C(O)c1cnn2cc(N3CCCC3)ccc12. The minimum absolute atomic E-state index is 0.248. The summed E-state index contributed by atoms with van der Waals surface area (Å²) in [5.74, 6) is -0.936. The fourth-order valence-corrected chi connectivity index (χ4v) is 2.30. The van der Waals surface area contributed by atoms with E-state index in [1.165, 1.54) is 19.0 Å². The minimum atomic E-state index is -0.936. The molecule has 2 aromatic rings. The lowest BCUT2D eigenvalue weighted by molar-refractivity contribution is 0.0699. The van der Waals surface area contributed by atoms with Crippen LogP contribution in [0.3, 0.4) is 0 Å². The molecule has 1 N–H and O–H groups in total. The molecule has 0 atom stereocenters. The van der Waals surface area contributed by atoms with Crippen molar-refractivity contribution in [2.45, 2.75) is 12.8 Å². The summed E-state index contributed by atoms with van der Waals surface area (Å²) >= 11 is 0. The fraction of sp³-hybridized carbons (Fsp3) is 0.333. The summed E-state index contributed by atoms with van der Waals surface area (Å²) in [6.45, 7) is 2.14. The van der Waals surface area contributed by atoms with Crippen LogP contribution in [0.4, 0.5) is 5.69 Å². The van der Waals surface area contributed by atoms with E-state index in [0.29, 0.717) is 5.52 Å². The van der Waals surface area contributed by atoms with Crippen LogP contribution in [0.2, 0.25) is 0 Å². The second kappa shape index (κ2) is 3.76. The van der Waals surface area contributed by atoms with Gasteiger partial charge < -0.3 is 10.0 Å². The lowest BCUT2D eigenvalue weighted by Gasteiger charge is -2.17. The summed E-state index contributed by atoms with van der Waals surface area (Å²) in [6.07, 6.45) is 5.73. The Hall–Kier alpha value is -2.04. The van der Waals surface area contributed by atoms with Gasteiger partial charge in [-0.15, -0.1) is 0 Å². The van der Waals surface area contributed by atoms with Crippen LogP contribution < -0.4 is 4.90 Å². The van der Waals surface area contributed by atoms with Gasteiger partial charge in [-0.3, -0.25) is 0 Å². The predicted molar refractivity (Wildman–Crippen MR) is 63.6 cm³/mol. The van der Waals surface area contributed by atoms with Gasteiger partial charge in [0, 0.05) is 13.1 Å². The Morgan fingerprint density at radius 2 is 2.06 bits per heavy atom. The Balaban J connectivity index is 2.05. The van der Waals surface area contributed by atoms with Crippen molar-refractivity contribution in [3.63, 3.8) is 0 Å². The zero-order chi connectivity index (χ0) is 11.8. The fourth-order valence-electron chi connectivity index (χ4n) is 2.30. The van der Waals surface area contributed by atoms with Crippen LogP contribution >= 0.6 is 0 Å². The number of aromatic nitrogens is 2. The molecule has 3 heterocycles. The van der Waals surface area contributed by atoms with E-state index in [0.717, 1.165) is 18.8 Å². The van der Waals surface area contributed by atoms with Crippen molar-refractivity contribution >= 4 is 17.2 Å². The molecule has 0 saturated carbocycles. The third kappa shape index (κ3) is 1.63. The van der Waals surface area contributed by atoms with Gasteiger partial charge in [0.1, 0.15) is 5.56 Å². The number of anilines is 1. The number of aromatic carboxylic acids is 1. The van der Waals surface area contributed by atoms with Gasteiger partial charge in [-0.05, 0) is 25.0 Å². The van der Waals surface area contributed by atoms with Crippen molar-refractivity contribution in [3.8, 4) is 0 Å². The van der Waals surface area contributed by atoms with Crippen LogP contribution in [0.5, 0.6) is 0 Å². The number of nitrogens with zero attached hydrogens (tertiary/aromatic N) is 3. The third-order valence-electron chi connectivity index (χ3n) is 3.20.